The summed E-state index contributed by atoms with van der Waals surface area (Å²) < 4.78 is 16.1. The van der Waals surface area contributed by atoms with Crippen molar-refractivity contribution in [2.75, 3.05) is 26.6 Å². The summed E-state index contributed by atoms with van der Waals surface area (Å²) in [5.74, 6) is 1.12. The van der Waals surface area contributed by atoms with Crippen molar-refractivity contribution in [2.45, 2.75) is 0 Å². The van der Waals surface area contributed by atoms with Gasteiger partial charge in [0.05, 0.1) is 27.0 Å². The standard InChI is InChI=1S/C26H25NO6/c1-31-22-15-18(16-23(32-2)26(22)33-3)10-12-19-7-5-9-21(29)25(19)27-24(30)13-11-17-6-4-8-20(28)14-17/h4-16,28-29H,1-3H3,(H,27,30)/b12-10?,13-11+. The Morgan fingerprint density at radius 1 is 0.818 bits per heavy atom. The van der Waals surface area contributed by atoms with E-state index in [0.29, 0.717) is 28.4 Å². The molecule has 0 aliphatic carbocycles. The van der Waals surface area contributed by atoms with Gasteiger partial charge in [-0.25, -0.2) is 0 Å². The van der Waals surface area contributed by atoms with Crippen molar-refractivity contribution in [3.05, 3.63) is 77.4 Å². The van der Waals surface area contributed by atoms with Crippen LogP contribution in [0.15, 0.2) is 60.7 Å². The van der Waals surface area contributed by atoms with E-state index in [1.54, 1.807) is 60.7 Å². The van der Waals surface area contributed by atoms with Gasteiger partial charge >= 0.3 is 0 Å². The van der Waals surface area contributed by atoms with E-state index in [-0.39, 0.29) is 17.2 Å². The number of carbonyl (C=O) groups is 1. The van der Waals surface area contributed by atoms with Crippen molar-refractivity contribution in [1.29, 1.82) is 0 Å². The quantitative estimate of drug-likeness (QED) is 0.257. The second kappa shape index (κ2) is 10.8. The van der Waals surface area contributed by atoms with Crippen molar-refractivity contribution in [3.63, 3.8) is 0 Å². The highest BCUT2D eigenvalue weighted by Crippen LogP contribution is 2.39. The molecule has 1 amide bonds. The number of hydrogen-bond donors (Lipinski definition) is 3. The van der Waals surface area contributed by atoms with Crippen LogP contribution < -0.4 is 19.5 Å². The largest absolute Gasteiger partial charge is 0.508 e. The lowest BCUT2D eigenvalue weighted by molar-refractivity contribution is -0.111. The Hall–Kier alpha value is -4.39. The predicted octanol–water partition coefficient (Wildman–Crippen LogP) is 4.95. The molecular weight excluding hydrogens is 422 g/mol. The van der Waals surface area contributed by atoms with Gasteiger partial charge in [-0.15, -0.1) is 0 Å². The van der Waals surface area contributed by atoms with Crippen LogP contribution in [0.25, 0.3) is 18.2 Å². The van der Waals surface area contributed by atoms with Gasteiger partial charge in [0.25, 0.3) is 0 Å². The van der Waals surface area contributed by atoms with Crippen LogP contribution in [0.1, 0.15) is 16.7 Å². The molecule has 0 atom stereocenters. The van der Waals surface area contributed by atoms with Crippen LogP contribution in [0.2, 0.25) is 0 Å². The van der Waals surface area contributed by atoms with E-state index in [2.05, 4.69) is 5.32 Å². The molecule has 0 fully saturated rings. The normalized spacial score (nSPS) is 11.0. The third-order valence-electron chi connectivity index (χ3n) is 4.76. The summed E-state index contributed by atoms with van der Waals surface area (Å²) in [6.45, 7) is 0. The minimum absolute atomic E-state index is 0.0684. The van der Waals surface area contributed by atoms with E-state index in [9.17, 15) is 15.0 Å². The van der Waals surface area contributed by atoms with Gasteiger partial charge in [0.2, 0.25) is 11.7 Å². The van der Waals surface area contributed by atoms with Crippen molar-refractivity contribution >= 4 is 29.8 Å². The van der Waals surface area contributed by atoms with Crippen LogP contribution >= 0.6 is 0 Å². The molecule has 3 aromatic carbocycles. The Kier molecular flexibility index (Phi) is 7.60. The summed E-state index contributed by atoms with van der Waals surface area (Å²) in [4.78, 5) is 12.4. The molecule has 0 saturated carbocycles. The van der Waals surface area contributed by atoms with Crippen molar-refractivity contribution in [3.8, 4) is 28.7 Å². The Balaban J connectivity index is 1.85. The molecule has 0 aliphatic heterocycles. The molecule has 0 spiro atoms. The first kappa shape index (κ1) is 23.3. The number of amides is 1. The highest BCUT2D eigenvalue weighted by molar-refractivity contribution is 6.04. The fourth-order valence-electron chi connectivity index (χ4n) is 3.18. The summed E-state index contributed by atoms with van der Waals surface area (Å²) >= 11 is 0. The summed E-state index contributed by atoms with van der Waals surface area (Å²) in [5, 5.41) is 22.6. The summed E-state index contributed by atoms with van der Waals surface area (Å²) in [5.41, 5.74) is 2.31. The number of carbonyl (C=O) groups excluding carboxylic acids is 1. The molecular formula is C26H25NO6. The number of hydrogen-bond acceptors (Lipinski definition) is 6. The molecule has 7 nitrogen and oxygen atoms in total. The van der Waals surface area contributed by atoms with Gasteiger partial charge in [-0.05, 0) is 47.5 Å². The maximum absolute atomic E-state index is 12.4. The maximum Gasteiger partial charge on any atom is 0.248 e. The number of methoxy groups -OCH3 is 3. The van der Waals surface area contributed by atoms with Crippen molar-refractivity contribution in [2.24, 2.45) is 0 Å². The first-order valence-electron chi connectivity index (χ1n) is 10.0. The smallest absolute Gasteiger partial charge is 0.248 e. The highest BCUT2D eigenvalue weighted by Gasteiger charge is 2.13. The number of aromatic hydroxyl groups is 2. The average molecular weight is 447 g/mol. The molecule has 3 aromatic rings. The fourth-order valence-corrected chi connectivity index (χ4v) is 3.18. The van der Waals surface area contributed by atoms with Gasteiger partial charge in [-0.2, -0.15) is 0 Å². The Bertz CT molecular complexity index is 1170. The first-order valence-corrected chi connectivity index (χ1v) is 10.0. The Morgan fingerprint density at radius 2 is 1.52 bits per heavy atom. The molecule has 3 rings (SSSR count). The Labute approximate surface area is 192 Å². The molecule has 7 heteroatoms. The molecule has 170 valence electrons. The van der Waals surface area contributed by atoms with E-state index < -0.39 is 5.91 Å². The van der Waals surface area contributed by atoms with E-state index in [1.807, 2.05) is 0 Å². The lowest BCUT2D eigenvalue weighted by Gasteiger charge is -2.13. The number of phenols is 2. The van der Waals surface area contributed by atoms with Crippen LogP contribution in [-0.4, -0.2) is 37.4 Å². The molecule has 0 bridgehead atoms. The highest BCUT2D eigenvalue weighted by atomic mass is 16.5. The van der Waals surface area contributed by atoms with Crippen molar-refractivity contribution in [1.82, 2.24) is 0 Å². The van der Waals surface area contributed by atoms with Crippen LogP contribution in [0, 0.1) is 0 Å². The van der Waals surface area contributed by atoms with Crippen LogP contribution in [0.3, 0.4) is 0 Å². The zero-order valence-electron chi connectivity index (χ0n) is 18.5. The second-order valence-corrected chi connectivity index (χ2v) is 6.95. The van der Waals surface area contributed by atoms with Gasteiger partial charge in [0.15, 0.2) is 11.5 Å². The van der Waals surface area contributed by atoms with E-state index in [0.717, 1.165) is 5.56 Å². The predicted molar refractivity (Wildman–Crippen MR) is 129 cm³/mol. The molecule has 0 saturated heterocycles. The second-order valence-electron chi connectivity index (χ2n) is 6.95. The van der Waals surface area contributed by atoms with Gasteiger partial charge in [-0.3, -0.25) is 4.79 Å². The summed E-state index contributed by atoms with van der Waals surface area (Å²) in [7, 11) is 4.61. The third-order valence-corrected chi connectivity index (χ3v) is 4.76. The number of phenolic OH excluding ortho intramolecular Hbond substituents is 2. The zero-order chi connectivity index (χ0) is 23.8. The first-order chi connectivity index (χ1) is 15.9. The lowest BCUT2D eigenvalue weighted by atomic mass is 10.1. The number of rotatable bonds is 8. The average Bonchev–Trinajstić information content (AvgIpc) is 2.82. The zero-order valence-corrected chi connectivity index (χ0v) is 18.5. The number of para-hydroxylation sites is 1. The van der Waals surface area contributed by atoms with Crippen LogP contribution in [-0.2, 0) is 4.79 Å². The van der Waals surface area contributed by atoms with Crippen molar-refractivity contribution < 1.29 is 29.2 Å². The van der Waals surface area contributed by atoms with Gasteiger partial charge in [0, 0.05) is 11.6 Å². The van der Waals surface area contributed by atoms with Gasteiger partial charge in [0.1, 0.15) is 11.5 Å². The molecule has 33 heavy (non-hydrogen) atoms. The van der Waals surface area contributed by atoms with Gasteiger partial charge < -0.3 is 29.7 Å². The molecule has 0 unspecified atom stereocenters. The maximum atomic E-state index is 12.4. The van der Waals surface area contributed by atoms with Crippen LogP contribution in [0.5, 0.6) is 28.7 Å². The van der Waals surface area contributed by atoms with Crippen LogP contribution in [0.4, 0.5) is 5.69 Å². The third kappa shape index (κ3) is 5.86. The number of nitrogens with one attached hydrogen (secondary N) is 1. The molecule has 0 aromatic heterocycles. The molecule has 0 radical (unpaired) electrons. The van der Waals surface area contributed by atoms with E-state index >= 15 is 0 Å². The molecule has 0 aliphatic rings. The summed E-state index contributed by atoms with van der Waals surface area (Å²) in [6, 6.07) is 15.0. The topological polar surface area (TPSA) is 97.3 Å². The minimum atomic E-state index is -0.428. The number of benzene rings is 3. The molecule has 0 heterocycles. The number of ether oxygens (including phenoxy) is 3. The Morgan fingerprint density at radius 3 is 2.15 bits per heavy atom. The monoisotopic (exact) mass is 447 g/mol. The lowest BCUT2D eigenvalue weighted by Crippen LogP contribution is -2.09. The fraction of sp³-hybridized carbons (Fsp3) is 0.115. The summed E-state index contributed by atoms with van der Waals surface area (Å²) in [6.07, 6.45) is 6.46. The minimum Gasteiger partial charge on any atom is -0.508 e. The SMILES string of the molecule is COc1cc(C=Cc2cccc(O)c2NC(=O)/C=C/c2cccc(O)c2)cc(OC)c1OC. The number of anilines is 1. The molecule has 3 N–H and O–H groups in total. The van der Waals surface area contributed by atoms with E-state index in [1.165, 1.54) is 39.5 Å². The van der Waals surface area contributed by atoms with Gasteiger partial charge in [-0.1, -0.05) is 36.4 Å². The van der Waals surface area contributed by atoms with E-state index in [4.69, 9.17) is 14.2 Å².